The number of carbonyl (C=O) groups excluding carboxylic acids is 1. The predicted octanol–water partition coefficient (Wildman–Crippen LogP) is 5.69. The normalized spacial score (nSPS) is 14.7. The van der Waals surface area contributed by atoms with E-state index in [2.05, 4.69) is 5.32 Å². The molecule has 2 aromatic heterocycles. The van der Waals surface area contributed by atoms with E-state index >= 15 is 0 Å². The highest BCUT2D eigenvalue weighted by Crippen LogP contribution is 2.37. The number of hydrogen-bond acceptors (Lipinski definition) is 4. The summed E-state index contributed by atoms with van der Waals surface area (Å²) in [4.78, 5) is 19.2. The van der Waals surface area contributed by atoms with Gasteiger partial charge in [0.05, 0.1) is 11.3 Å². The van der Waals surface area contributed by atoms with Crippen molar-refractivity contribution in [3.63, 3.8) is 0 Å². The molecule has 0 unspecified atom stereocenters. The van der Waals surface area contributed by atoms with Crippen LogP contribution in [0.25, 0.3) is 16.6 Å². The van der Waals surface area contributed by atoms with E-state index in [9.17, 15) is 4.79 Å². The van der Waals surface area contributed by atoms with Gasteiger partial charge in [-0.3, -0.25) is 9.20 Å². The quantitative estimate of drug-likeness (QED) is 0.442. The SMILES string of the molecule is O=C1Nc2ccccc2C1=Cc1c(Sc2ccc(Cl)cc2)nc2sccn12. The lowest BCUT2D eigenvalue weighted by molar-refractivity contribution is -0.110. The minimum absolute atomic E-state index is 0.0937. The Morgan fingerprint density at radius 1 is 1.15 bits per heavy atom. The van der Waals surface area contributed by atoms with Gasteiger partial charge in [-0.25, -0.2) is 4.98 Å². The summed E-state index contributed by atoms with van der Waals surface area (Å²) in [6.07, 6.45) is 3.90. The van der Waals surface area contributed by atoms with Crippen LogP contribution in [-0.4, -0.2) is 15.3 Å². The van der Waals surface area contributed by atoms with Crippen LogP contribution in [0.2, 0.25) is 5.02 Å². The van der Waals surface area contributed by atoms with Crippen LogP contribution >= 0.6 is 34.7 Å². The maximum absolute atomic E-state index is 12.5. The van der Waals surface area contributed by atoms with Crippen LogP contribution in [0, 0.1) is 0 Å². The summed E-state index contributed by atoms with van der Waals surface area (Å²) < 4.78 is 2.02. The third-order valence-electron chi connectivity index (χ3n) is 4.28. The van der Waals surface area contributed by atoms with E-state index in [0.717, 1.165) is 31.8 Å². The molecule has 0 atom stereocenters. The second-order valence-electron chi connectivity index (χ2n) is 5.97. The Kier molecular flexibility index (Phi) is 4.04. The van der Waals surface area contributed by atoms with Crippen LogP contribution in [0.5, 0.6) is 0 Å². The summed E-state index contributed by atoms with van der Waals surface area (Å²) in [6.45, 7) is 0. The molecule has 27 heavy (non-hydrogen) atoms. The topological polar surface area (TPSA) is 46.4 Å². The van der Waals surface area contributed by atoms with Crippen molar-refractivity contribution in [2.24, 2.45) is 0 Å². The van der Waals surface area contributed by atoms with Crippen LogP contribution in [0.4, 0.5) is 5.69 Å². The van der Waals surface area contributed by atoms with Crippen LogP contribution < -0.4 is 5.32 Å². The zero-order chi connectivity index (χ0) is 18.4. The molecule has 0 spiro atoms. The Morgan fingerprint density at radius 3 is 2.81 bits per heavy atom. The Bertz CT molecular complexity index is 1210. The van der Waals surface area contributed by atoms with Crippen LogP contribution in [-0.2, 0) is 4.79 Å². The number of thiazole rings is 1. The fourth-order valence-electron chi connectivity index (χ4n) is 3.02. The lowest BCUT2D eigenvalue weighted by Gasteiger charge is -2.02. The maximum atomic E-state index is 12.5. The third kappa shape index (κ3) is 2.96. The smallest absolute Gasteiger partial charge is 0.256 e. The summed E-state index contributed by atoms with van der Waals surface area (Å²) in [7, 11) is 0. The van der Waals surface area contributed by atoms with Gasteiger partial charge >= 0.3 is 0 Å². The average molecular weight is 410 g/mol. The van der Waals surface area contributed by atoms with Crippen molar-refractivity contribution in [3.8, 4) is 0 Å². The highest BCUT2D eigenvalue weighted by molar-refractivity contribution is 7.99. The van der Waals surface area contributed by atoms with Crippen molar-refractivity contribution in [3.05, 3.63) is 76.4 Å². The molecule has 4 nitrogen and oxygen atoms in total. The second-order valence-corrected chi connectivity index (χ2v) is 8.34. The van der Waals surface area contributed by atoms with Crippen LogP contribution in [0.15, 0.2) is 70.0 Å². The molecule has 4 aromatic rings. The molecule has 0 fully saturated rings. The molecule has 3 heterocycles. The number of para-hydroxylation sites is 1. The number of anilines is 1. The van der Waals surface area contributed by atoms with Gasteiger partial charge in [-0.1, -0.05) is 41.6 Å². The minimum atomic E-state index is -0.0937. The minimum Gasteiger partial charge on any atom is -0.321 e. The maximum Gasteiger partial charge on any atom is 0.256 e. The molecule has 0 radical (unpaired) electrons. The lowest BCUT2D eigenvalue weighted by atomic mass is 10.1. The van der Waals surface area contributed by atoms with Gasteiger partial charge in [-0.05, 0) is 36.4 Å². The van der Waals surface area contributed by atoms with Gasteiger partial charge in [0.25, 0.3) is 5.91 Å². The van der Waals surface area contributed by atoms with Gasteiger partial charge in [0.15, 0.2) is 4.96 Å². The first-order chi connectivity index (χ1) is 13.2. The fraction of sp³-hybridized carbons (Fsp3) is 0. The van der Waals surface area contributed by atoms with Crippen molar-refractivity contribution >= 4 is 62.9 Å². The molecule has 7 heteroatoms. The second kappa shape index (κ2) is 6.56. The molecule has 1 N–H and O–H groups in total. The van der Waals surface area contributed by atoms with E-state index in [1.54, 1.807) is 23.1 Å². The van der Waals surface area contributed by atoms with Crippen molar-refractivity contribution in [1.29, 1.82) is 0 Å². The molecule has 132 valence electrons. The number of fused-ring (bicyclic) bond motifs is 2. The summed E-state index contributed by atoms with van der Waals surface area (Å²) in [5, 5.41) is 6.47. The monoisotopic (exact) mass is 409 g/mol. The molecular weight excluding hydrogens is 398 g/mol. The molecule has 1 amide bonds. The van der Waals surface area contributed by atoms with Crippen molar-refractivity contribution in [1.82, 2.24) is 9.38 Å². The number of benzene rings is 2. The van der Waals surface area contributed by atoms with Crippen molar-refractivity contribution in [2.75, 3.05) is 5.32 Å². The molecule has 0 saturated heterocycles. The summed E-state index contributed by atoms with van der Waals surface area (Å²) in [6, 6.07) is 15.4. The number of nitrogens with zero attached hydrogens (tertiary/aromatic N) is 2. The van der Waals surface area contributed by atoms with Gasteiger partial charge in [-0.2, -0.15) is 0 Å². The first-order valence-corrected chi connectivity index (χ1v) is 10.3. The standard InChI is InChI=1S/C20H12ClN3OS2/c21-12-5-7-13(8-6-12)27-19-17(24-9-10-26-20(24)23-19)11-15-14-3-1-2-4-16(14)22-18(15)25/h1-11H,(H,22,25). The Morgan fingerprint density at radius 2 is 1.96 bits per heavy atom. The van der Waals surface area contributed by atoms with E-state index in [4.69, 9.17) is 16.6 Å². The summed E-state index contributed by atoms with van der Waals surface area (Å²) in [5.74, 6) is -0.0937. The molecule has 1 aliphatic rings. The zero-order valence-electron chi connectivity index (χ0n) is 13.8. The van der Waals surface area contributed by atoms with Crippen LogP contribution in [0.1, 0.15) is 11.3 Å². The van der Waals surface area contributed by atoms with Crippen LogP contribution in [0.3, 0.4) is 0 Å². The van der Waals surface area contributed by atoms with Gasteiger partial charge in [-0.15, -0.1) is 11.3 Å². The third-order valence-corrected chi connectivity index (χ3v) is 6.29. The Labute approximate surface area is 168 Å². The van der Waals surface area contributed by atoms with E-state index < -0.39 is 0 Å². The number of imidazole rings is 1. The first-order valence-electron chi connectivity index (χ1n) is 8.20. The van der Waals surface area contributed by atoms with Crippen molar-refractivity contribution in [2.45, 2.75) is 9.92 Å². The molecule has 0 bridgehead atoms. The van der Waals surface area contributed by atoms with Gasteiger partial charge in [0, 0.05) is 32.7 Å². The number of nitrogens with one attached hydrogen (secondary N) is 1. The fourth-order valence-corrected chi connectivity index (χ4v) is 4.82. The van der Waals surface area contributed by atoms with Crippen molar-refractivity contribution < 1.29 is 4.79 Å². The number of amides is 1. The summed E-state index contributed by atoms with van der Waals surface area (Å²) in [5.41, 5.74) is 3.30. The highest BCUT2D eigenvalue weighted by Gasteiger charge is 2.25. The van der Waals surface area contributed by atoms with E-state index in [1.807, 2.05) is 70.6 Å². The lowest BCUT2D eigenvalue weighted by Crippen LogP contribution is -2.03. The molecule has 1 aliphatic heterocycles. The molecule has 5 rings (SSSR count). The number of rotatable bonds is 3. The number of hydrogen-bond donors (Lipinski definition) is 1. The number of halogens is 1. The zero-order valence-corrected chi connectivity index (χ0v) is 16.2. The summed E-state index contributed by atoms with van der Waals surface area (Å²) >= 11 is 9.11. The molecule has 0 saturated carbocycles. The average Bonchev–Trinajstić information content (AvgIpc) is 3.32. The number of carbonyl (C=O) groups is 1. The first kappa shape index (κ1) is 16.6. The molecule has 2 aromatic carbocycles. The Hall–Kier alpha value is -2.54. The number of aromatic nitrogens is 2. The van der Waals surface area contributed by atoms with E-state index in [-0.39, 0.29) is 5.91 Å². The largest absolute Gasteiger partial charge is 0.321 e. The van der Waals surface area contributed by atoms with E-state index in [0.29, 0.717) is 10.6 Å². The van der Waals surface area contributed by atoms with Gasteiger partial charge < -0.3 is 5.32 Å². The Balaban J connectivity index is 1.63. The van der Waals surface area contributed by atoms with Gasteiger partial charge in [0.1, 0.15) is 5.03 Å². The van der Waals surface area contributed by atoms with E-state index in [1.165, 1.54) is 0 Å². The highest BCUT2D eigenvalue weighted by atomic mass is 35.5. The predicted molar refractivity (Wildman–Crippen MR) is 112 cm³/mol. The molecule has 0 aliphatic carbocycles. The van der Waals surface area contributed by atoms with Gasteiger partial charge in [0.2, 0.25) is 0 Å². The molecular formula is C20H12ClN3OS2.